The zero-order chi connectivity index (χ0) is 22.3. The molecule has 1 heterocycles. The average Bonchev–Trinajstić information content (AvgIpc) is 2.78. The second kappa shape index (κ2) is 9.94. The first kappa shape index (κ1) is 22.1. The van der Waals surface area contributed by atoms with Crippen LogP contribution in [0.4, 0.5) is 11.5 Å². The maximum absolute atomic E-state index is 12.6. The Kier molecular flexibility index (Phi) is 7.09. The fourth-order valence-electron chi connectivity index (χ4n) is 2.70. The molecule has 0 unspecified atom stereocenters. The van der Waals surface area contributed by atoms with E-state index in [1.54, 1.807) is 49.6 Å². The van der Waals surface area contributed by atoms with Crippen molar-refractivity contribution < 1.29 is 22.7 Å². The number of nitrogens with one attached hydrogen (secondary N) is 2. The Morgan fingerprint density at radius 3 is 2.26 bits per heavy atom. The predicted molar refractivity (Wildman–Crippen MR) is 118 cm³/mol. The van der Waals surface area contributed by atoms with E-state index in [9.17, 15) is 13.2 Å². The van der Waals surface area contributed by atoms with Gasteiger partial charge in [-0.15, -0.1) is 0 Å². The van der Waals surface area contributed by atoms with Gasteiger partial charge in [0.15, 0.2) is 6.10 Å². The van der Waals surface area contributed by atoms with Crippen LogP contribution in [-0.2, 0) is 14.8 Å². The van der Waals surface area contributed by atoms with Gasteiger partial charge in [-0.2, -0.15) is 0 Å². The average molecular weight is 442 g/mol. The number of nitrogens with zero attached hydrogens (tertiary/aromatic N) is 1. The Morgan fingerprint density at radius 2 is 1.68 bits per heavy atom. The number of anilines is 2. The summed E-state index contributed by atoms with van der Waals surface area (Å²) in [5.41, 5.74) is 0.457. The molecule has 3 rings (SSSR count). The first-order chi connectivity index (χ1) is 14.9. The van der Waals surface area contributed by atoms with Crippen LogP contribution in [0.2, 0.25) is 0 Å². The molecule has 31 heavy (non-hydrogen) atoms. The van der Waals surface area contributed by atoms with Crippen LogP contribution in [0.25, 0.3) is 0 Å². The number of carbonyl (C=O) groups is 1. The Balaban J connectivity index is 1.64. The van der Waals surface area contributed by atoms with Gasteiger partial charge in [-0.1, -0.05) is 13.0 Å². The van der Waals surface area contributed by atoms with Gasteiger partial charge in [0.05, 0.1) is 12.0 Å². The second-order valence-electron chi connectivity index (χ2n) is 6.52. The number of hydrogen-bond acceptors (Lipinski definition) is 6. The van der Waals surface area contributed by atoms with E-state index in [0.717, 1.165) is 0 Å². The lowest BCUT2D eigenvalue weighted by Crippen LogP contribution is -2.32. The normalized spacial score (nSPS) is 11.9. The highest BCUT2D eigenvalue weighted by atomic mass is 32.2. The molecule has 9 heteroatoms. The lowest BCUT2D eigenvalue weighted by atomic mass is 10.2. The van der Waals surface area contributed by atoms with Gasteiger partial charge in [-0.05, 0) is 67.1 Å². The summed E-state index contributed by atoms with van der Waals surface area (Å²) in [4.78, 5) is 16.6. The largest absolute Gasteiger partial charge is 0.497 e. The molecule has 0 fully saturated rings. The molecule has 0 spiro atoms. The number of aromatic nitrogens is 1. The third-order valence-electron chi connectivity index (χ3n) is 4.34. The van der Waals surface area contributed by atoms with Gasteiger partial charge in [0.1, 0.15) is 17.3 Å². The Bertz CT molecular complexity index is 1100. The van der Waals surface area contributed by atoms with Crippen molar-refractivity contribution in [3.63, 3.8) is 0 Å². The van der Waals surface area contributed by atoms with Crippen LogP contribution in [-0.4, -0.2) is 32.5 Å². The molecule has 0 aliphatic carbocycles. The Hall–Kier alpha value is -3.59. The van der Waals surface area contributed by atoms with Crippen LogP contribution < -0.4 is 19.5 Å². The van der Waals surface area contributed by atoms with Crippen molar-refractivity contribution in [3.8, 4) is 11.5 Å². The number of hydrogen-bond donors (Lipinski definition) is 2. The molecule has 162 valence electrons. The highest BCUT2D eigenvalue weighted by Gasteiger charge is 2.19. The maximum Gasteiger partial charge on any atom is 0.265 e. The minimum atomic E-state index is -3.79. The van der Waals surface area contributed by atoms with E-state index in [1.165, 1.54) is 30.5 Å². The lowest BCUT2D eigenvalue weighted by Gasteiger charge is -2.17. The minimum Gasteiger partial charge on any atom is -0.497 e. The highest BCUT2D eigenvalue weighted by Crippen LogP contribution is 2.21. The number of ether oxygens (including phenoxy) is 2. The van der Waals surface area contributed by atoms with Crippen LogP contribution >= 0.6 is 0 Å². The summed E-state index contributed by atoms with van der Waals surface area (Å²) in [6, 6.07) is 17.7. The van der Waals surface area contributed by atoms with Gasteiger partial charge in [-0.25, -0.2) is 13.4 Å². The number of methoxy groups -OCH3 is 1. The van der Waals surface area contributed by atoms with E-state index < -0.39 is 16.1 Å². The quantitative estimate of drug-likeness (QED) is 0.525. The van der Waals surface area contributed by atoms with Crippen molar-refractivity contribution in [1.82, 2.24) is 4.98 Å². The van der Waals surface area contributed by atoms with E-state index in [-0.39, 0.29) is 16.6 Å². The molecule has 0 bridgehead atoms. The zero-order valence-electron chi connectivity index (χ0n) is 17.1. The standard InChI is InChI=1S/C22H23N3O5S/c1-3-20(30-18-11-9-17(29-2)10-12-18)22(26)24-16-7-13-19(14-8-16)31(27,28)25-21-6-4-5-15-23-21/h4-15,20H,3H2,1-2H3,(H,23,25)(H,24,26)/t20-/m1/s1. The van der Waals surface area contributed by atoms with Crippen LogP contribution in [0.15, 0.2) is 77.8 Å². The van der Waals surface area contributed by atoms with Gasteiger partial charge in [0.25, 0.3) is 15.9 Å². The van der Waals surface area contributed by atoms with Crippen LogP contribution in [0.1, 0.15) is 13.3 Å². The monoisotopic (exact) mass is 441 g/mol. The zero-order valence-corrected chi connectivity index (χ0v) is 17.9. The number of rotatable bonds is 9. The molecule has 0 aliphatic heterocycles. The Labute approximate surface area is 181 Å². The van der Waals surface area contributed by atoms with Crippen LogP contribution in [0.3, 0.4) is 0 Å². The SMILES string of the molecule is CC[C@@H](Oc1ccc(OC)cc1)C(=O)Nc1ccc(S(=O)(=O)Nc2ccccn2)cc1. The molecule has 3 aromatic rings. The lowest BCUT2D eigenvalue weighted by molar-refractivity contribution is -0.122. The molecule has 2 aromatic carbocycles. The summed E-state index contributed by atoms with van der Waals surface area (Å²) in [6.07, 6.45) is 1.25. The van der Waals surface area contributed by atoms with Gasteiger partial charge in [-0.3, -0.25) is 9.52 Å². The molecule has 0 saturated heterocycles. The molecule has 0 saturated carbocycles. The van der Waals surface area contributed by atoms with Gasteiger partial charge in [0, 0.05) is 11.9 Å². The molecule has 8 nitrogen and oxygen atoms in total. The molecule has 0 radical (unpaired) electrons. The van der Waals surface area contributed by atoms with E-state index in [2.05, 4.69) is 15.0 Å². The molecule has 0 aliphatic rings. The van der Waals surface area contributed by atoms with Crippen molar-refractivity contribution in [2.75, 3.05) is 17.1 Å². The molecular weight excluding hydrogens is 418 g/mol. The molecular formula is C22H23N3O5S. The third-order valence-corrected chi connectivity index (χ3v) is 5.71. The smallest absolute Gasteiger partial charge is 0.265 e. The highest BCUT2D eigenvalue weighted by molar-refractivity contribution is 7.92. The summed E-state index contributed by atoms with van der Waals surface area (Å²) < 4.78 is 38.2. The summed E-state index contributed by atoms with van der Waals surface area (Å²) >= 11 is 0. The fourth-order valence-corrected chi connectivity index (χ4v) is 3.71. The predicted octanol–water partition coefficient (Wildman–Crippen LogP) is 3.69. The molecule has 1 amide bonds. The van der Waals surface area contributed by atoms with Crippen molar-refractivity contribution in [2.45, 2.75) is 24.3 Å². The van der Waals surface area contributed by atoms with E-state index >= 15 is 0 Å². The van der Waals surface area contributed by atoms with Crippen molar-refractivity contribution >= 4 is 27.4 Å². The maximum atomic E-state index is 12.6. The first-order valence-electron chi connectivity index (χ1n) is 9.57. The van der Waals surface area contributed by atoms with Crippen molar-refractivity contribution in [3.05, 3.63) is 72.9 Å². The van der Waals surface area contributed by atoms with Crippen LogP contribution in [0, 0.1) is 0 Å². The van der Waals surface area contributed by atoms with Crippen molar-refractivity contribution in [2.24, 2.45) is 0 Å². The summed E-state index contributed by atoms with van der Waals surface area (Å²) in [7, 11) is -2.21. The number of sulfonamides is 1. The van der Waals surface area contributed by atoms with Crippen LogP contribution in [0.5, 0.6) is 11.5 Å². The molecule has 1 aromatic heterocycles. The van der Waals surface area contributed by atoms with Crippen molar-refractivity contribution in [1.29, 1.82) is 0 Å². The summed E-state index contributed by atoms with van der Waals surface area (Å²) in [5, 5.41) is 2.75. The summed E-state index contributed by atoms with van der Waals surface area (Å²) in [6.45, 7) is 1.84. The van der Waals surface area contributed by atoms with E-state index in [4.69, 9.17) is 9.47 Å². The second-order valence-corrected chi connectivity index (χ2v) is 8.21. The molecule has 1 atom stereocenters. The van der Waals surface area contributed by atoms with Gasteiger partial charge < -0.3 is 14.8 Å². The number of amides is 1. The number of benzene rings is 2. The minimum absolute atomic E-state index is 0.0534. The number of carbonyl (C=O) groups excluding carboxylic acids is 1. The third kappa shape index (κ3) is 5.95. The van der Waals surface area contributed by atoms with E-state index in [0.29, 0.717) is 23.6 Å². The fraction of sp³-hybridized carbons (Fsp3) is 0.182. The van der Waals surface area contributed by atoms with E-state index in [1.807, 2.05) is 6.92 Å². The van der Waals surface area contributed by atoms with Gasteiger partial charge in [0.2, 0.25) is 0 Å². The molecule has 2 N–H and O–H groups in total. The Morgan fingerprint density at radius 1 is 1.00 bits per heavy atom. The first-order valence-corrected chi connectivity index (χ1v) is 11.0. The number of pyridine rings is 1. The van der Waals surface area contributed by atoms with Gasteiger partial charge >= 0.3 is 0 Å². The summed E-state index contributed by atoms with van der Waals surface area (Å²) in [5.74, 6) is 1.13. The topological polar surface area (TPSA) is 107 Å².